The summed E-state index contributed by atoms with van der Waals surface area (Å²) < 4.78 is 11.5. The molecule has 1 aromatic heterocycles. The van der Waals surface area contributed by atoms with Gasteiger partial charge in [-0.25, -0.2) is 9.97 Å². The molecule has 3 heterocycles. The van der Waals surface area contributed by atoms with E-state index in [-0.39, 0.29) is 5.60 Å². The van der Waals surface area contributed by atoms with Crippen molar-refractivity contribution in [1.29, 1.82) is 0 Å². The van der Waals surface area contributed by atoms with Crippen LogP contribution in [0.2, 0.25) is 0 Å². The van der Waals surface area contributed by atoms with Crippen LogP contribution in [-0.2, 0) is 9.47 Å². The summed E-state index contributed by atoms with van der Waals surface area (Å²) in [4.78, 5) is 11.4. The fraction of sp³-hybridized carbons (Fsp3) is 0.714. The quantitative estimate of drug-likeness (QED) is 0.804. The third-order valence-electron chi connectivity index (χ3n) is 4.24. The van der Waals surface area contributed by atoms with Crippen molar-refractivity contribution in [1.82, 2.24) is 9.97 Å². The number of aromatic nitrogens is 2. The minimum absolute atomic E-state index is 0.108. The van der Waals surface area contributed by atoms with Gasteiger partial charge in [0.15, 0.2) is 0 Å². The molecule has 1 spiro atoms. The van der Waals surface area contributed by atoms with Crippen molar-refractivity contribution in [3.63, 3.8) is 0 Å². The molecule has 2 saturated heterocycles. The molecule has 0 N–H and O–H groups in total. The first-order chi connectivity index (χ1) is 9.35. The van der Waals surface area contributed by atoms with Gasteiger partial charge < -0.3 is 14.4 Å². The van der Waals surface area contributed by atoms with Crippen molar-refractivity contribution in [2.45, 2.75) is 30.8 Å². The summed E-state index contributed by atoms with van der Waals surface area (Å²) in [7, 11) is 0. The Morgan fingerprint density at radius 1 is 1.32 bits per heavy atom. The van der Waals surface area contributed by atoms with Crippen LogP contribution in [0.15, 0.2) is 12.3 Å². The van der Waals surface area contributed by atoms with Gasteiger partial charge in [-0.05, 0) is 18.9 Å². The van der Waals surface area contributed by atoms with Gasteiger partial charge in [0.1, 0.15) is 17.2 Å². The summed E-state index contributed by atoms with van der Waals surface area (Å²) in [5.74, 6) is 2.66. The first-order valence-corrected chi connectivity index (χ1v) is 7.14. The molecule has 102 valence electrons. The van der Waals surface area contributed by atoms with Crippen LogP contribution in [0.4, 0.5) is 5.82 Å². The summed E-state index contributed by atoms with van der Waals surface area (Å²) >= 11 is 0. The molecule has 0 amide bonds. The van der Waals surface area contributed by atoms with Crippen molar-refractivity contribution in [3.8, 4) is 0 Å². The van der Waals surface area contributed by atoms with Crippen molar-refractivity contribution in [2.75, 3.05) is 37.8 Å². The van der Waals surface area contributed by atoms with Gasteiger partial charge in [-0.3, -0.25) is 0 Å². The van der Waals surface area contributed by atoms with E-state index in [1.54, 1.807) is 0 Å². The SMILES string of the molecule is c1cc(N2CCOC3(CCOC3)C2)nc(C2CC2)n1. The molecule has 1 aliphatic carbocycles. The van der Waals surface area contributed by atoms with Crippen molar-refractivity contribution >= 4 is 5.82 Å². The van der Waals surface area contributed by atoms with Crippen molar-refractivity contribution in [2.24, 2.45) is 0 Å². The van der Waals surface area contributed by atoms with E-state index in [4.69, 9.17) is 14.5 Å². The number of rotatable bonds is 2. The number of nitrogens with zero attached hydrogens (tertiary/aromatic N) is 3. The lowest BCUT2D eigenvalue weighted by molar-refractivity contribution is -0.0581. The maximum absolute atomic E-state index is 5.96. The fourth-order valence-electron chi connectivity index (χ4n) is 2.95. The summed E-state index contributed by atoms with van der Waals surface area (Å²) in [6.07, 6.45) is 5.36. The second kappa shape index (κ2) is 4.42. The standard InChI is InChI=1S/C14H19N3O2/c1-2-11(1)13-15-5-3-12(16-13)17-6-8-19-14(9-17)4-7-18-10-14/h3,5,11H,1-2,4,6-10H2. The van der Waals surface area contributed by atoms with E-state index in [0.717, 1.165) is 44.4 Å². The first-order valence-electron chi connectivity index (χ1n) is 7.14. The topological polar surface area (TPSA) is 47.5 Å². The maximum Gasteiger partial charge on any atom is 0.133 e. The van der Waals surface area contributed by atoms with Crippen LogP contribution in [0.1, 0.15) is 31.0 Å². The molecule has 5 heteroatoms. The highest BCUT2D eigenvalue weighted by Gasteiger charge is 2.41. The molecule has 1 unspecified atom stereocenters. The Bertz CT molecular complexity index is 470. The van der Waals surface area contributed by atoms with Crippen LogP contribution in [-0.4, -0.2) is 48.5 Å². The lowest BCUT2D eigenvalue weighted by atomic mass is 10.0. The van der Waals surface area contributed by atoms with Gasteiger partial charge in [-0.15, -0.1) is 0 Å². The van der Waals surface area contributed by atoms with E-state index >= 15 is 0 Å². The third-order valence-corrected chi connectivity index (χ3v) is 4.24. The van der Waals surface area contributed by atoms with Crippen LogP contribution in [0.3, 0.4) is 0 Å². The highest BCUT2D eigenvalue weighted by molar-refractivity contribution is 5.39. The second-order valence-electron chi connectivity index (χ2n) is 5.80. The smallest absolute Gasteiger partial charge is 0.133 e. The lowest BCUT2D eigenvalue weighted by Crippen LogP contribution is -2.52. The molecule has 0 aromatic carbocycles. The van der Waals surface area contributed by atoms with Crippen LogP contribution in [0.5, 0.6) is 0 Å². The minimum atomic E-state index is -0.108. The van der Waals surface area contributed by atoms with Crippen LogP contribution < -0.4 is 4.90 Å². The third kappa shape index (κ3) is 2.21. The number of ether oxygens (including phenoxy) is 2. The maximum atomic E-state index is 5.96. The van der Waals surface area contributed by atoms with Crippen LogP contribution >= 0.6 is 0 Å². The summed E-state index contributed by atoms with van der Waals surface area (Å²) in [5.41, 5.74) is -0.108. The van der Waals surface area contributed by atoms with Crippen LogP contribution in [0, 0.1) is 0 Å². The van der Waals surface area contributed by atoms with E-state index in [0.29, 0.717) is 12.5 Å². The van der Waals surface area contributed by atoms with Crippen molar-refractivity contribution in [3.05, 3.63) is 18.1 Å². The number of hydrogen-bond acceptors (Lipinski definition) is 5. The molecule has 19 heavy (non-hydrogen) atoms. The Morgan fingerprint density at radius 2 is 2.26 bits per heavy atom. The molecule has 1 saturated carbocycles. The molecule has 0 radical (unpaired) electrons. The Labute approximate surface area is 112 Å². The Kier molecular flexibility index (Phi) is 2.70. The highest BCUT2D eigenvalue weighted by Crippen LogP contribution is 2.38. The predicted molar refractivity (Wildman–Crippen MR) is 70.3 cm³/mol. The molecule has 3 fully saturated rings. The highest BCUT2D eigenvalue weighted by atomic mass is 16.6. The summed E-state index contributed by atoms with van der Waals surface area (Å²) in [6, 6.07) is 2.01. The summed E-state index contributed by atoms with van der Waals surface area (Å²) in [5, 5.41) is 0. The van der Waals surface area contributed by atoms with E-state index in [1.165, 1.54) is 12.8 Å². The molecule has 5 nitrogen and oxygen atoms in total. The lowest BCUT2D eigenvalue weighted by Gasteiger charge is -2.40. The minimum Gasteiger partial charge on any atom is -0.378 e. The van der Waals surface area contributed by atoms with E-state index < -0.39 is 0 Å². The molecule has 1 atom stereocenters. The predicted octanol–water partition coefficient (Wildman–Crippen LogP) is 1.35. The normalized spacial score (nSPS) is 31.1. The molecule has 2 aliphatic heterocycles. The number of morpholine rings is 1. The zero-order valence-electron chi connectivity index (χ0n) is 11.0. The average Bonchev–Trinajstić information content (AvgIpc) is 3.22. The van der Waals surface area contributed by atoms with E-state index in [9.17, 15) is 0 Å². The Balaban J connectivity index is 1.55. The second-order valence-corrected chi connectivity index (χ2v) is 5.80. The fourth-order valence-corrected chi connectivity index (χ4v) is 2.95. The first kappa shape index (κ1) is 11.6. The molecule has 1 aromatic rings. The van der Waals surface area contributed by atoms with E-state index in [1.807, 2.05) is 12.3 Å². The Morgan fingerprint density at radius 3 is 3.05 bits per heavy atom. The van der Waals surface area contributed by atoms with Gasteiger partial charge in [0, 0.05) is 31.7 Å². The largest absolute Gasteiger partial charge is 0.378 e. The van der Waals surface area contributed by atoms with Crippen LogP contribution in [0.25, 0.3) is 0 Å². The molecule has 3 aliphatic rings. The molecule has 0 bridgehead atoms. The van der Waals surface area contributed by atoms with Crippen molar-refractivity contribution < 1.29 is 9.47 Å². The van der Waals surface area contributed by atoms with Gasteiger partial charge in [0.2, 0.25) is 0 Å². The van der Waals surface area contributed by atoms with Gasteiger partial charge in [-0.1, -0.05) is 0 Å². The van der Waals surface area contributed by atoms with E-state index in [2.05, 4.69) is 9.88 Å². The van der Waals surface area contributed by atoms with Gasteiger partial charge in [0.05, 0.1) is 19.8 Å². The average molecular weight is 261 g/mol. The zero-order chi connectivity index (χ0) is 12.7. The van der Waals surface area contributed by atoms with Gasteiger partial charge in [0.25, 0.3) is 0 Å². The number of anilines is 1. The molecule has 4 rings (SSSR count). The summed E-state index contributed by atoms with van der Waals surface area (Å²) in [6.45, 7) is 4.07. The molecular weight excluding hydrogens is 242 g/mol. The number of hydrogen-bond donors (Lipinski definition) is 0. The zero-order valence-corrected chi connectivity index (χ0v) is 11.0. The van der Waals surface area contributed by atoms with Gasteiger partial charge >= 0.3 is 0 Å². The monoisotopic (exact) mass is 261 g/mol. The molecular formula is C14H19N3O2. The Hall–Kier alpha value is -1.20. The van der Waals surface area contributed by atoms with Gasteiger partial charge in [-0.2, -0.15) is 0 Å².